The first-order chi connectivity index (χ1) is 15.7. The van der Waals surface area contributed by atoms with Crippen molar-refractivity contribution in [1.82, 2.24) is 0 Å². The van der Waals surface area contributed by atoms with Gasteiger partial charge in [0.25, 0.3) is 0 Å². The lowest BCUT2D eigenvalue weighted by atomic mass is 9.81. The lowest BCUT2D eigenvalue weighted by molar-refractivity contribution is 0.384. The Morgan fingerprint density at radius 1 is 0.758 bits per heavy atom. The Kier molecular flexibility index (Phi) is 7.41. The summed E-state index contributed by atoms with van der Waals surface area (Å²) in [6.45, 7) is 0. The van der Waals surface area contributed by atoms with Crippen LogP contribution in [0.4, 0.5) is 17.6 Å². The van der Waals surface area contributed by atoms with Gasteiger partial charge in [-0.15, -0.1) is 0 Å². The second-order valence-corrected chi connectivity index (χ2v) is 11.4. The average Bonchev–Trinajstić information content (AvgIpc) is 2.81. The molecule has 0 bridgehead atoms. The van der Waals surface area contributed by atoms with Crippen LogP contribution in [0.2, 0.25) is 0 Å². The number of hydrogen-bond donors (Lipinski definition) is 1. The molecule has 2 fully saturated rings. The van der Waals surface area contributed by atoms with Gasteiger partial charge in [0.2, 0.25) is 0 Å². The Hall–Kier alpha value is -1.58. The molecule has 0 aliphatic heterocycles. The van der Waals surface area contributed by atoms with Crippen LogP contribution < -0.4 is 0 Å². The average molecular weight is 503 g/mol. The van der Waals surface area contributed by atoms with Crippen LogP contribution in [0.15, 0.2) is 32.9 Å². The maximum Gasteiger partial charge on any atom is 0.300 e. The van der Waals surface area contributed by atoms with Crippen LogP contribution in [0.25, 0.3) is 0 Å². The largest absolute Gasteiger partial charge is 0.300 e. The zero-order chi connectivity index (χ0) is 23.8. The van der Waals surface area contributed by atoms with Crippen molar-refractivity contribution < 1.29 is 30.5 Å². The molecule has 2 aliphatic rings. The van der Waals surface area contributed by atoms with Crippen molar-refractivity contribution >= 4 is 21.9 Å². The fraction of sp³-hybridized carbons (Fsp3) is 0.500. The third-order valence-electron chi connectivity index (χ3n) is 6.81. The maximum absolute atomic E-state index is 14.8. The second kappa shape index (κ2) is 9.96. The molecule has 0 spiro atoms. The van der Waals surface area contributed by atoms with Gasteiger partial charge in [-0.2, -0.15) is 8.42 Å². The first-order valence-electron chi connectivity index (χ1n) is 11.3. The van der Waals surface area contributed by atoms with E-state index in [4.69, 9.17) is 4.55 Å². The van der Waals surface area contributed by atoms with E-state index >= 15 is 0 Å². The molecule has 33 heavy (non-hydrogen) atoms. The fourth-order valence-electron chi connectivity index (χ4n) is 5.10. The molecule has 9 heteroatoms. The molecule has 2 aromatic rings. The molecular weight excluding hydrogens is 476 g/mol. The zero-order valence-electron chi connectivity index (χ0n) is 18.0. The topological polar surface area (TPSA) is 54.4 Å². The fourth-order valence-corrected chi connectivity index (χ4v) is 6.86. The smallest absolute Gasteiger partial charge is 0.282 e. The summed E-state index contributed by atoms with van der Waals surface area (Å²) < 4.78 is 89.9. The SMILES string of the molecule is O=S(=O)(O)c1c(F)c(F)c(Sc2cc(C3CCCCC3)ccc2C2CCCCC2)c(F)c1F. The van der Waals surface area contributed by atoms with E-state index in [1.807, 2.05) is 12.1 Å². The quantitative estimate of drug-likeness (QED) is 0.258. The molecule has 4 rings (SSSR count). The molecule has 180 valence electrons. The van der Waals surface area contributed by atoms with E-state index in [0.29, 0.717) is 22.6 Å². The standard InChI is InChI=1S/C24H26F4O3S2/c25-19-21(27)24(33(29,30)31)22(28)20(26)23(19)32-18-13-16(14-7-3-1-4-8-14)11-12-17(18)15-9-5-2-6-10-15/h11-15H,1-10H2,(H,29,30,31). The molecule has 0 unspecified atom stereocenters. The Balaban J connectivity index is 1.80. The van der Waals surface area contributed by atoms with Gasteiger partial charge in [0.1, 0.15) is 0 Å². The van der Waals surface area contributed by atoms with E-state index in [1.165, 1.54) is 6.42 Å². The van der Waals surface area contributed by atoms with Crippen molar-refractivity contribution in [2.75, 3.05) is 0 Å². The van der Waals surface area contributed by atoms with Crippen LogP contribution in [-0.2, 0) is 10.1 Å². The monoisotopic (exact) mass is 502 g/mol. The third-order valence-corrected chi connectivity index (χ3v) is 8.82. The number of halogens is 4. The minimum atomic E-state index is -5.48. The van der Waals surface area contributed by atoms with E-state index < -0.39 is 43.2 Å². The van der Waals surface area contributed by atoms with Gasteiger partial charge in [-0.25, -0.2) is 17.6 Å². The van der Waals surface area contributed by atoms with Gasteiger partial charge in [0.15, 0.2) is 28.2 Å². The summed E-state index contributed by atoms with van der Waals surface area (Å²) in [5.74, 6) is -7.40. The highest BCUT2D eigenvalue weighted by atomic mass is 32.2. The summed E-state index contributed by atoms with van der Waals surface area (Å²) in [6.07, 6.45) is 10.5. The number of rotatable bonds is 5. The normalized spacial score (nSPS) is 18.6. The van der Waals surface area contributed by atoms with Gasteiger partial charge < -0.3 is 0 Å². The number of benzene rings is 2. The summed E-state index contributed by atoms with van der Waals surface area (Å²) >= 11 is 0.580. The maximum atomic E-state index is 14.8. The lowest BCUT2D eigenvalue weighted by Gasteiger charge is -2.27. The Morgan fingerprint density at radius 2 is 1.27 bits per heavy atom. The van der Waals surface area contributed by atoms with Crippen molar-refractivity contribution in [2.45, 2.75) is 90.7 Å². The van der Waals surface area contributed by atoms with Crippen LogP contribution in [0, 0.1) is 23.3 Å². The molecular formula is C24H26F4O3S2. The van der Waals surface area contributed by atoms with Crippen LogP contribution >= 0.6 is 11.8 Å². The second-order valence-electron chi connectivity index (χ2n) is 8.96. The van der Waals surface area contributed by atoms with Gasteiger partial charge in [-0.3, -0.25) is 4.55 Å². The molecule has 0 amide bonds. The van der Waals surface area contributed by atoms with Gasteiger partial charge in [0, 0.05) is 4.90 Å². The Bertz CT molecular complexity index is 1110. The van der Waals surface area contributed by atoms with Gasteiger partial charge in [0.05, 0.1) is 4.90 Å². The first kappa shape index (κ1) is 24.5. The van der Waals surface area contributed by atoms with E-state index in [-0.39, 0.29) is 5.92 Å². The minimum absolute atomic E-state index is 0.180. The minimum Gasteiger partial charge on any atom is -0.282 e. The highest BCUT2D eigenvalue weighted by Crippen LogP contribution is 2.45. The van der Waals surface area contributed by atoms with Crippen molar-refractivity contribution in [1.29, 1.82) is 0 Å². The molecule has 2 aliphatic carbocycles. The third kappa shape index (κ3) is 5.10. The van der Waals surface area contributed by atoms with Crippen molar-refractivity contribution in [2.24, 2.45) is 0 Å². The molecule has 0 saturated heterocycles. The molecule has 2 aromatic carbocycles. The van der Waals surface area contributed by atoms with Crippen molar-refractivity contribution in [3.8, 4) is 0 Å². The summed E-state index contributed by atoms with van der Waals surface area (Å²) in [4.78, 5) is -2.43. The predicted octanol–water partition coefficient (Wildman–Crippen LogP) is 7.74. The van der Waals surface area contributed by atoms with Gasteiger partial charge in [-0.1, -0.05) is 62.4 Å². The molecule has 0 radical (unpaired) electrons. The highest BCUT2D eigenvalue weighted by molar-refractivity contribution is 7.99. The molecule has 0 aromatic heterocycles. The number of hydrogen-bond acceptors (Lipinski definition) is 3. The van der Waals surface area contributed by atoms with E-state index in [0.717, 1.165) is 68.9 Å². The Labute approximate surface area is 195 Å². The molecule has 0 heterocycles. The lowest BCUT2D eigenvalue weighted by Crippen LogP contribution is -2.12. The molecule has 3 nitrogen and oxygen atoms in total. The van der Waals surface area contributed by atoms with Crippen molar-refractivity contribution in [3.63, 3.8) is 0 Å². The van der Waals surface area contributed by atoms with Gasteiger partial charge in [-0.05, 0) is 54.7 Å². The van der Waals surface area contributed by atoms with E-state index in [2.05, 4.69) is 6.07 Å². The van der Waals surface area contributed by atoms with Gasteiger partial charge >= 0.3 is 10.1 Å². The zero-order valence-corrected chi connectivity index (χ0v) is 19.7. The predicted molar refractivity (Wildman–Crippen MR) is 118 cm³/mol. The molecule has 1 N–H and O–H groups in total. The summed E-state index contributed by atoms with van der Waals surface area (Å²) in [6, 6.07) is 5.90. The summed E-state index contributed by atoms with van der Waals surface area (Å²) in [7, 11) is -5.48. The van der Waals surface area contributed by atoms with E-state index in [1.54, 1.807) is 0 Å². The van der Waals surface area contributed by atoms with E-state index in [9.17, 15) is 26.0 Å². The first-order valence-corrected chi connectivity index (χ1v) is 13.6. The Morgan fingerprint density at radius 3 is 1.79 bits per heavy atom. The summed E-state index contributed by atoms with van der Waals surface area (Å²) in [5, 5.41) is 0. The van der Waals surface area contributed by atoms with Crippen LogP contribution in [0.3, 0.4) is 0 Å². The molecule has 0 atom stereocenters. The van der Waals surface area contributed by atoms with Crippen LogP contribution in [0.5, 0.6) is 0 Å². The van der Waals surface area contributed by atoms with Crippen molar-refractivity contribution in [3.05, 3.63) is 52.6 Å². The highest BCUT2D eigenvalue weighted by Gasteiger charge is 2.33. The van der Waals surface area contributed by atoms with Crippen LogP contribution in [-0.4, -0.2) is 13.0 Å². The van der Waals surface area contributed by atoms with Crippen LogP contribution in [0.1, 0.15) is 87.2 Å². The molecule has 2 saturated carbocycles. The summed E-state index contributed by atoms with van der Waals surface area (Å²) in [5.41, 5.74) is 1.92.